The molecular formula is C92H102N4O12Si. The minimum atomic E-state index is -1.33. The van der Waals surface area contributed by atoms with Crippen molar-refractivity contribution in [3.8, 4) is 46.0 Å². The van der Waals surface area contributed by atoms with Gasteiger partial charge in [0.2, 0.25) is 0 Å². The Morgan fingerprint density at radius 2 is 0.596 bits per heavy atom. The van der Waals surface area contributed by atoms with Crippen molar-refractivity contribution in [2.45, 2.75) is 147 Å². The lowest BCUT2D eigenvalue weighted by Gasteiger charge is -2.44. The van der Waals surface area contributed by atoms with Crippen molar-refractivity contribution in [2.24, 2.45) is 0 Å². The fourth-order valence-electron chi connectivity index (χ4n) is 14.0. The van der Waals surface area contributed by atoms with Gasteiger partial charge in [0.1, 0.15) is 46.0 Å². The molecule has 0 saturated carbocycles. The number of methoxy groups -OCH3 is 4. The molecule has 566 valence electrons. The number of rotatable bonds is 15. The number of phenols is 4. The predicted molar refractivity (Wildman–Crippen MR) is 440 cm³/mol. The summed E-state index contributed by atoms with van der Waals surface area (Å²) in [6, 6.07) is 48.0. The highest BCUT2D eigenvalue weighted by Crippen LogP contribution is 2.51. The topological polar surface area (TPSA) is 199 Å². The molecule has 4 fully saturated rings. The molecule has 0 radical (unpaired) electrons. The van der Waals surface area contributed by atoms with Crippen molar-refractivity contribution >= 4 is 60.5 Å². The van der Waals surface area contributed by atoms with Crippen LogP contribution in [-0.4, -0.2) is 80.6 Å². The van der Waals surface area contributed by atoms with Gasteiger partial charge in [0.05, 0.1) is 52.6 Å². The van der Waals surface area contributed by atoms with Crippen LogP contribution in [0.15, 0.2) is 192 Å². The number of aryl methyl sites for hydroxylation is 8. The first-order chi connectivity index (χ1) is 51.7. The number of β-lactam (4-membered cyclic amide) rings is 4. The van der Waals surface area contributed by atoms with Gasteiger partial charge in [-0.2, -0.15) is 0 Å². The number of carbonyl (C=O) groups is 4. The van der Waals surface area contributed by atoms with Gasteiger partial charge in [0.15, 0.2) is 0 Å². The fraction of sp³-hybridized carbons (Fsp3) is 0.283. The molecule has 0 unspecified atom stereocenters. The maximum absolute atomic E-state index is 13.3. The first-order valence-electron chi connectivity index (χ1n) is 36.6. The average Bonchev–Trinajstić information content (AvgIpc) is 0.752. The van der Waals surface area contributed by atoms with Gasteiger partial charge in [-0.3, -0.25) is 38.8 Å². The SMILES string of the molecule is C/C=C1/C(=O)N(c2cc(C)c(C)c(OC)c2)[C@H]1c1ccc(C)c(O)c1.C/C=C1\C(=O)N(c2cc(C)c(C)c(OC)c2)[C@H]1c1ccc(C)c(O)c1.COc1cc(N2C(=O)/C(=C\C[Si](C)(C)C)[C@@H]2c2ccc(C)c(O)c2)cc(C)c1C.COc1cc(N2C(=O)/C(=C\c3ccccc3)[C@@H]2c2ccc(C)c(O)c2)cc(C)c1C. The Hall–Kier alpha value is -11.6. The van der Waals surface area contributed by atoms with E-state index in [1.165, 1.54) is 0 Å². The van der Waals surface area contributed by atoms with Crippen LogP contribution in [0.2, 0.25) is 25.7 Å². The third-order valence-electron chi connectivity index (χ3n) is 21.4. The molecule has 0 spiro atoms. The minimum absolute atomic E-state index is 0.0159. The molecular weight excluding hydrogens is 1380 g/mol. The van der Waals surface area contributed by atoms with E-state index in [0.717, 1.165) is 163 Å². The molecule has 4 amide bonds. The number of ether oxygens (including phenoxy) is 4. The van der Waals surface area contributed by atoms with Crippen LogP contribution in [0.25, 0.3) is 6.08 Å². The molecule has 0 aliphatic carbocycles. The van der Waals surface area contributed by atoms with Crippen molar-refractivity contribution in [3.63, 3.8) is 0 Å². The highest BCUT2D eigenvalue weighted by atomic mass is 28.3. The molecule has 13 rings (SSSR count). The number of phenolic OH excluding ortho intramolecular Hbond substituents is 4. The zero-order valence-electron chi connectivity index (χ0n) is 66.6. The second-order valence-electron chi connectivity index (χ2n) is 29.8. The van der Waals surface area contributed by atoms with Crippen molar-refractivity contribution < 1.29 is 58.6 Å². The summed E-state index contributed by atoms with van der Waals surface area (Å²) < 4.78 is 22.0. The number of nitrogens with zero attached hydrogens (tertiary/aromatic N) is 4. The largest absolute Gasteiger partial charge is 0.508 e. The second kappa shape index (κ2) is 32.9. The van der Waals surface area contributed by atoms with E-state index >= 15 is 0 Å². The Kier molecular flexibility index (Phi) is 24.1. The normalized spacial score (nSPS) is 18.0. The Labute approximate surface area is 643 Å². The van der Waals surface area contributed by atoms with Crippen molar-refractivity contribution in [3.05, 3.63) is 287 Å². The molecule has 9 aromatic carbocycles. The predicted octanol–water partition coefficient (Wildman–Crippen LogP) is 19.9. The Morgan fingerprint density at radius 1 is 0.339 bits per heavy atom. The number of hydrogen-bond acceptors (Lipinski definition) is 12. The zero-order valence-corrected chi connectivity index (χ0v) is 67.6. The van der Waals surface area contributed by atoms with Crippen LogP contribution in [0, 0.1) is 83.1 Å². The van der Waals surface area contributed by atoms with E-state index < -0.39 is 8.07 Å². The van der Waals surface area contributed by atoms with Gasteiger partial charge in [-0.05, 0) is 252 Å². The van der Waals surface area contributed by atoms with Crippen LogP contribution in [0.5, 0.6) is 46.0 Å². The fourth-order valence-corrected chi connectivity index (χ4v) is 14.9. The van der Waals surface area contributed by atoms with Crippen molar-refractivity contribution in [2.75, 3.05) is 48.0 Å². The van der Waals surface area contributed by atoms with Gasteiger partial charge < -0.3 is 39.4 Å². The lowest BCUT2D eigenvalue weighted by Crippen LogP contribution is -2.49. The summed E-state index contributed by atoms with van der Waals surface area (Å²) in [7, 11) is 5.23. The van der Waals surface area contributed by atoms with E-state index in [0.29, 0.717) is 5.57 Å². The highest BCUT2D eigenvalue weighted by Gasteiger charge is 2.48. The minimum Gasteiger partial charge on any atom is -0.508 e. The van der Waals surface area contributed by atoms with E-state index in [1.54, 1.807) is 67.4 Å². The maximum Gasteiger partial charge on any atom is 0.257 e. The van der Waals surface area contributed by atoms with Gasteiger partial charge in [-0.25, -0.2) is 0 Å². The Morgan fingerprint density at radius 3 is 0.853 bits per heavy atom. The second-order valence-corrected chi connectivity index (χ2v) is 35.3. The van der Waals surface area contributed by atoms with Gasteiger partial charge >= 0.3 is 0 Å². The smallest absolute Gasteiger partial charge is 0.257 e. The van der Waals surface area contributed by atoms with E-state index in [2.05, 4.69) is 25.7 Å². The molecule has 4 aliphatic rings. The third-order valence-corrected chi connectivity index (χ3v) is 22.8. The third kappa shape index (κ3) is 16.2. The van der Waals surface area contributed by atoms with Crippen LogP contribution in [0.3, 0.4) is 0 Å². The first kappa shape index (κ1) is 80.0. The summed E-state index contributed by atoms with van der Waals surface area (Å²) in [5.41, 5.74) is 22.6. The van der Waals surface area contributed by atoms with E-state index in [1.807, 2.05) is 247 Å². The molecule has 109 heavy (non-hydrogen) atoms. The van der Waals surface area contributed by atoms with Crippen LogP contribution in [0.4, 0.5) is 22.7 Å². The lowest BCUT2D eigenvalue weighted by atomic mass is 9.85. The molecule has 4 aliphatic heterocycles. The maximum atomic E-state index is 13.3. The summed E-state index contributed by atoms with van der Waals surface area (Å²) in [5, 5.41) is 40.7. The number of carbonyl (C=O) groups excluding carboxylic acids is 4. The van der Waals surface area contributed by atoms with Crippen molar-refractivity contribution in [1.82, 2.24) is 0 Å². The number of hydrogen-bond donors (Lipinski definition) is 4. The Balaban J connectivity index is 0.000000155. The molecule has 4 heterocycles. The molecule has 4 N–H and O–H groups in total. The molecule has 0 bridgehead atoms. The van der Waals surface area contributed by atoms with Crippen LogP contribution >= 0.6 is 0 Å². The van der Waals surface area contributed by atoms with Gasteiger partial charge in [-0.1, -0.05) is 117 Å². The quantitative estimate of drug-likeness (QED) is 0.0431. The summed E-state index contributed by atoms with van der Waals surface area (Å²) in [5.74, 6) is 3.97. The molecule has 9 aromatic rings. The standard InChI is InChI=1S/C26H25NO3.C24H31NO3Si.2C21H23NO3/c1-16-10-11-20(14-23(16)28)25-22(13-19-8-6-5-7-9-19)26(29)27(25)21-12-17(2)18(3)24(15-21)30-4;1-15-8-9-18(13-21(15)26)23-20(10-11-29(5,6)7)24(27)25(23)19-12-16(2)17(3)22(14-19)28-4;2*1-6-17-20(15-8-7-12(2)18(23)10-15)22(21(17)24)16-9-13(3)14(4)19(11-16)25-5/h5-15,25,28H,1-4H3;8-10,12-14,23,26H,11H2,1-7H3;2*6-11,20,23H,1-5H3/b22-13-;20-10-;17-6+;17-6-/t25-;23-;2*20-/m0000/s1. The summed E-state index contributed by atoms with van der Waals surface area (Å²) in [6.45, 7) is 34.2. The summed E-state index contributed by atoms with van der Waals surface area (Å²) in [4.78, 5) is 58.9. The number of allylic oxidation sites excluding steroid dienone is 3. The van der Waals surface area contributed by atoms with Crippen LogP contribution in [-0.2, 0) is 19.2 Å². The monoisotopic (exact) mass is 1480 g/mol. The number of benzene rings is 9. The zero-order chi connectivity index (χ0) is 79.5. The van der Waals surface area contributed by atoms with Crippen molar-refractivity contribution in [1.29, 1.82) is 0 Å². The van der Waals surface area contributed by atoms with Crippen LogP contribution < -0.4 is 38.5 Å². The molecule has 4 atom stereocenters. The lowest BCUT2D eigenvalue weighted by molar-refractivity contribution is -0.119. The number of aromatic hydroxyl groups is 4. The first-order valence-corrected chi connectivity index (χ1v) is 40.3. The van der Waals surface area contributed by atoms with Crippen LogP contribution in [0.1, 0.15) is 133 Å². The number of anilines is 4. The van der Waals surface area contributed by atoms with Gasteiger partial charge in [0.25, 0.3) is 23.6 Å². The molecule has 16 nitrogen and oxygen atoms in total. The molecule has 0 aromatic heterocycles. The summed E-state index contributed by atoms with van der Waals surface area (Å²) in [6.07, 6.45) is 7.74. The molecule has 4 saturated heterocycles. The van der Waals surface area contributed by atoms with E-state index in [4.69, 9.17) is 18.9 Å². The molecule has 17 heteroatoms. The van der Waals surface area contributed by atoms with Gasteiger partial charge in [0, 0.05) is 77.4 Å². The highest BCUT2D eigenvalue weighted by molar-refractivity contribution is 6.76. The van der Waals surface area contributed by atoms with E-state index in [-0.39, 0.29) is 70.8 Å². The Bertz CT molecular complexity index is 5030. The summed E-state index contributed by atoms with van der Waals surface area (Å²) >= 11 is 0. The number of amides is 4. The van der Waals surface area contributed by atoms with E-state index in [9.17, 15) is 39.6 Å². The average molecular weight is 1480 g/mol. The van der Waals surface area contributed by atoms with Gasteiger partial charge in [-0.15, -0.1) is 0 Å².